The van der Waals surface area contributed by atoms with Crippen LogP contribution in [0.4, 0.5) is 0 Å². The van der Waals surface area contributed by atoms with Crippen LogP contribution in [-0.2, 0) is 16.6 Å². The van der Waals surface area contributed by atoms with Gasteiger partial charge in [-0.1, -0.05) is 33.8 Å². The minimum atomic E-state index is -0.598. The van der Waals surface area contributed by atoms with Crippen molar-refractivity contribution in [2.24, 2.45) is 5.73 Å². The van der Waals surface area contributed by atoms with Gasteiger partial charge in [0, 0.05) is 11.6 Å². The lowest BCUT2D eigenvalue weighted by Crippen LogP contribution is -2.15. The molecule has 0 aliphatic heterocycles. The van der Waals surface area contributed by atoms with E-state index in [1.165, 1.54) is 17.2 Å². The maximum absolute atomic E-state index is 12.6. The average molecular weight is 299 g/mol. The summed E-state index contributed by atoms with van der Waals surface area (Å²) in [4.78, 5) is 23.5. The molecule has 0 aromatic heterocycles. The maximum atomic E-state index is 12.6. The number of fused-ring (bicyclic) bond motifs is 1. The van der Waals surface area contributed by atoms with Crippen molar-refractivity contribution in [2.75, 3.05) is 0 Å². The van der Waals surface area contributed by atoms with Crippen LogP contribution in [0.5, 0.6) is 0 Å². The molecule has 1 aromatic carbocycles. The van der Waals surface area contributed by atoms with Gasteiger partial charge >= 0.3 is 0 Å². The molecule has 22 heavy (non-hydrogen) atoms. The molecule has 0 spiro atoms. The molecule has 3 nitrogen and oxygen atoms in total. The van der Waals surface area contributed by atoms with Crippen LogP contribution in [0.3, 0.4) is 0 Å². The summed E-state index contributed by atoms with van der Waals surface area (Å²) in [5.41, 5.74) is 10.8. The number of rotatable bonds is 4. The van der Waals surface area contributed by atoms with E-state index in [0.717, 1.165) is 35.6 Å². The molecule has 118 valence electrons. The number of benzene rings is 1. The van der Waals surface area contributed by atoms with E-state index in [4.69, 9.17) is 5.73 Å². The second-order valence-corrected chi connectivity index (χ2v) is 7.13. The Morgan fingerprint density at radius 3 is 2.45 bits per heavy atom. The van der Waals surface area contributed by atoms with Crippen molar-refractivity contribution in [3.05, 3.63) is 46.0 Å². The van der Waals surface area contributed by atoms with E-state index >= 15 is 0 Å². The van der Waals surface area contributed by atoms with Crippen molar-refractivity contribution in [1.82, 2.24) is 0 Å². The van der Waals surface area contributed by atoms with Crippen LogP contribution in [0, 0.1) is 6.92 Å². The third kappa shape index (κ3) is 2.85. The molecule has 0 fully saturated rings. The van der Waals surface area contributed by atoms with E-state index in [9.17, 15) is 9.59 Å². The molecule has 0 saturated carbocycles. The fourth-order valence-corrected chi connectivity index (χ4v) is 3.41. The van der Waals surface area contributed by atoms with Gasteiger partial charge in [0.05, 0.1) is 0 Å². The molecule has 0 bridgehead atoms. The Labute approximate surface area is 132 Å². The summed E-state index contributed by atoms with van der Waals surface area (Å²) in [6, 6.07) is 2.20. The number of amides is 1. The Morgan fingerprint density at radius 1 is 1.27 bits per heavy atom. The minimum Gasteiger partial charge on any atom is -0.366 e. The van der Waals surface area contributed by atoms with E-state index in [1.807, 2.05) is 6.92 Å². The fourth-order valence-electron chi connectivity index (χ4n) is 3.41. The monoisotopic (exact) mass is 299 g/mol. The van der Waals surface area contributed by atoms with E-state index in [0.29, 0.717) is 0 Å². The lowest BCUT2D eigenvalue weighted by atomic mass is 9.80. The predicted octanol–water partition coefficient (Wildman–Crippen LogP) is 3.57. The third-order valence-electron chi connectivity index (χ3n) is 4.74. The lowest BCUT2D eigenvalue weighted by Gasteiger charge is -2.23. The standard InChI is InChI=1S/C19H25NO2/c1-11(2)14-10-15-13(8-9-19(15,4)5)12(3)18(14)16(21)6-7-17(20)22/h6-7,10-11H,8-9H2,1-5H3,(H2,20,22). The van der Waals surface area contributed by atoms with Gasteiger partial charge in [-0.2, -0.15) is 0 Å². The average Bonchev–Trinajstić information content (AvgIpc) is 2.72. The van der Waals surface area contributed by atoms with E-state index in [-0.39, 0.29) is 17.1 Å². The summed E-state index contributed by atoms with van der Waals surface area (Å²) in [7, 11) is 0. The minimum absolute atomic E-state index is 0.132. The van der Waals surface area contributed by atoms with Crippen LogP contribution < -0.4 is 5.73 Å². The molecule has 2 rings (SSSR count). The zero-order valence-corrected chi connectivity index (χ0v) is 14.1. The van der Waals surface area contributed by atoms with Crippen LogP contribution in [0.25, 0.3) is 0 Å². The van der Waals surface area contributed by atoms with Crippen molar-refractivity contribution in [3.8, 4) is 0 Å². The molecule has 2 N–H and O–H groups in total. The molecular weight excluding hydrogens is 274 g/mol. The molecule has 0 atom stereocenters. The highest BCUT2D eigenvalue weighted by Crippen LogP contribution is 2.43. The summed E-state index contributed by atoms with van der Waals surface area (Å²) in [5, 5.41) is 0. The molecule has 3 heteroatoms. The zero-order valence-electron chi connectivity index (χ0n) is 14.1. The Kier molecular flexibility index (Phi) is 4.28. The van der Waals surface area contributed by atoms with E-state index < -0.39 is 5.91 Å². The number of primary amides is 1. The van der Waals surface area contributed by atoms with Gasteiger partial charge in [0.15, 0.2) is 5.78 Å². The number of nitrogens with two attached hydrogens (primary N) is 1. The first-order chi connectivity index (χ1) is 10.1. The van der Waals surface area contributed by atoms with Gasteiger partial charge in [-0.15, -0.1) is 0 Å². The molecule has 1 aliphatic rings. The van der Waals surface area contributed by atoms with Gasteiger partial charge in [-0.05, 0) is 59.4 Å². The van der Waals surface area contributed by atoms with Crippen LogP contribution >= 0.6 is 0 Å². The molecule has 1 aliphatic carbocycles. The van der Waals surface area contributed by atoms with Crippen molar-refractivity contribution < 1.29 is 9.59 Å². The smallest absolute Gasteiger partial charge is 0.241 e. The largest absolute Gasteiger partial charge is 0.366 e. The third-order valence-corrected chi connectivity index (χ3v) is 4.74. The van der Waals surface area contributed by atoms with Crippen LogP contribution in [-0.4, -0.2) is 11.7 Å². The number of carbonyl (C=O) groups excluding carboxylic acids is 2. The van der Waals surface area contributed by atoms with Gasteiger partial charge < -0.3 is 5.73 Å². The number of hydrogen-bond acceptors (Lipinski definition) is 2. The molecule has 0 unspecified atom stereocenters. The van der Waals surface area contributed by atoms with Crippen molar-refractivity contribution in [3.63, 3.8) is 0 Å². The van der Waals surface area contributed by atoms with Gasteiger partial charge in [0.25, 0.3) is 0 Å². The van der Waals surface area contributed by atoms with Crippen molar-refractivity contribution in [1.29, 1.82) is 0 Å². The topological polar surface area (TPSA) is 60.2 Å². The second-order valence-electron chi connectivity index (χ2n) is 7.13. The first kappa shape index (κ1) is 16.5. The summed E-state index contributed by atoms with van der Waals surface area (Å²) >= 11 is 0. The molecule has 0 saturated heterocycles. The molecule has 0 radical (unpaired) electrons. The number of allylic oxidation sites excluding steroid dienone is 1. The maximum Gasteiger partial charge on any atom is 0.241 e. The molecule has 1 aromatic rings. The van der Waals surface area contributed by atoms with E-state index in [1.54, 1.807) is 0 Å². The zero-order chi connectivity index (χ0) is 16.7. The van der Waals surface area contributed by atoms with E-state index in [2.05, 4.69) is 33.8 Å². The van der Waals surface area contributed by atoms with Crippen LogP contribution in [0.15, 0.2) is 18.2 Å². The van der Waals surface area contributed by atoms with Gasteiger partial charge in [0.2, 0.25) is 5.91 Å². The SMILES string of the molecule is Cc1c2c(cc(C(C)C)c1C(=O)C=CC(N)=O)C(C)(C)CC2. The number of hydrogen-bond donors (Lipinski definition) is 1. The summed E-state index contributed by atoms with van der Waals surface area (Å²) in [6.07, 6.45) is 4.55. The number of ketones is 1. The fraction of sp³-hybridized carbons (Fsp3) is 0.474. The highest BCUT2D eigenvalue weighted by Gasteiger charge is 2.33. The van der Waals surface area contributed by atoms with Gasteiger partial charge in [0.1, 0.15) is 0 Å². The summed E-state index contributed by atoms with van der Waals surface area (Å²) in [6.45, 7) is 10.7. The predicted molar refractivity (Wildman–Crippen MR) is 89.3 cm³/mol. The van der Waals surface area contributed by atoms with Gasteiger partial charge in [-0.25, -0.2) is 0 Å². The first-order valence-corrected chi connectivity index (χ1v) is 7.84. The molecule has 0 heterocycles. The summed E-state index contributed by atoms with van der Waals surface area (Å²) in [5.74, 6) is -0.478. The Hall–Kier alpha value is -1.90. The van der Waals surface area contributed by atoms with Crippen molar-refractivity contribution >= 4 is 11.7 Å². The molecule has 1 amide bonds. The highest BCUT2D eigenvalue weighted by molar-refractivity contribution is 6.09. The Balaban J connectivity index is 2.64. The van der Waals surface area contributed by atoms with Crippen molar-refractivity contribution in [2.45, 2.75) is 58.8 Å². The lowest BCUT2D eigenvalue weighted by molar-refractivity contribution is -0.113. The Morgan fingerprint density at radius 2 is 1.91 bits per heavy atom. The first-order valence-electron chi connectivity index (χ1n) is 7.84. The second kappa shape index (κ2) is 5.71. The molecular formula is C19H25NO2. The van der Waals surface area contributed by atoms with Crippen LogP contribution in [0.1, 0.15) is 72.6 Å². The number of carbonyl (C=O) groups is 2. The van der Waals surface area contributed by atoms with Gasteiger partial charge in [-0.3, -0.25) is 9.59 Å². The highest BCUT2D eigenvalue weighted by atomic mass is 16.1. The quantitative estimate of drug-likeness (QED) is 0.682. The summed E-state index contributed by atoms with van der Waals surface area (Å²) < 4.78 is 0. The Bertz CT molecular complexity index is 667. The van der Waals surface area contributed by atoms with Crippen LogP contribution in [0.2, 0.25) is 0 Å². The normalized spacial score (nSPS) is 16.3.